The van der Waals surface area contributed by atoms with Gasteiger partial charge in [0.25, 0.3) is 5.56 Å². The van der Waals surface area contributed by atoms with E-state index in [9.17, 15) is 19.9 Å². The van der Waals surface area contributed by atoms with Crippen LogP contribution in [0.15, 0.2) is 33.9 Å². The number of methoxy groups -OCH3 is 1. The van der Waals surface area contributed by atoms with Crippen LogP contribution in [0.4, 0.5) is 0 Å². The van der Waals surface area contributed by atoms with E-state index in [1.165, 1.54) is 14.1 Å². The lowest BCUT2D eigenvalue weighted by Crippen LogP contribution is -2.43. The fourth-order valence-electron chi connectivity index (χ4n) is 3.55. The Morgan fingerprint density at radius 1 is 1.07 bits per heavy atom. The fraction of sp³-hybridized carbons (Fsp3) is 0.350. The molecule has 0 aliphatic heterocycles. The number of hydrogen-bond acceptors (Lipinski definition) is 5. The number of ether oxygens (including phenoxy) is 1. The summed E-state index contributed by atoms with van der Waals surface area (Å²) in [5.41, 5.74) is 0.747. The molecule has 0 aliphatic rings. The maximum absolute atomic E-state index is 13.1. The van der Waals surface area contributed by atoms with Gasteiger partial charge in [-0.2, -0.15) is 0 Å². The quantitative estimate of drug-likeness (QED) is 0.488. The molecule has 1 unspecified atom stereocenters. The molecule has 0 saturated heterocycles. The Bertz CT molecular complexity index is 1180. The molecule has 0 fully saturated rings. The number of benzene rings is 1. The Morgan fingerprint density at radius 2 is 1.66 bits per heavy atom. The van der Waals surface area contributed by atoms with Gasteiger partial charge in [-0.25, -0.2) is 9.36 Å². The molecule has 0 radical (unpaired) electrons. The second kappa shape index (κ2) is 7.16. The SMILES string of the molecule is COc1ccc(C(c2c(O)n(C)c(=O)n(C)c2=O)c2n(O)c(C)c(C)[n+]2C)cc1. The minimum absolute atomic E-state index is 0.0110. The van der Waals surface area contributed by atoms with Crippen LogP contribution in [0.1, 0.15) is 34.3 Å². The van der Waals surface area contributed by atoms with Crippen molar-refractivity contribution in [3.05, 3.63) is 73.4 Å². The summed E-state index contributed by atoms with van der Waals surface area (Å²) >= 11 is 0. The van der Waals surface area contributed by atoms with E-state index in [-0.39, 0.29) is 5.56 Å². The highest BCUT2D eigenvalue weighted by Gasteiger charge is 2.38. The highest BCUT2D eigenvalue weighted by atomic mass is 16.5. The minimum Gasteiger partial charge on any atom is -0.497 e. The van der Waals surface area contributed by atoms with Crippen LogP contribution >= 0.6 is 0 Å². The molecule has 2 N–H and O–H groups in total. The van der Waals surface area contributed by atoms with Crippen molar-refractivity contribution in [2.24, 2.45) is 21.1 Å². The molecule has 0 amide bonds. The summed E-state index contributed by atoms with van der Waals surface area (Å²) in [7, 11) is 6.06. The molecule has 9 nitrogen and oxygen atoms in total. The molecule has 0 spiro atoms. The Kier molecular flexibility index (Phi) is 5.00. The lowest BCUT2D eigenvalue weighted by Gasteiger charge is -2.18. The first-order chi connectivity index (χ1) is 13.6. The van der Waals surface area contributed by atoms with Gasteiger partial charge in [-0.3, -0.25) is 13.9 Å². The number of aromatic nitrogens is 4. The van der Waals surface area contributed by atoms with E-state index in [4.69, 9.17) is 4.74 Å². The van der Waals surface area contributed by atoms with Crippen molar-refractivity contribution in [3.63, 3.8) is 0 Å². The molecular weight excluding hydrogens is 376 g/mol. The Morgan fingerprint density at radius 3 is 2.14 bits per heavy atom. The van der Waals surface area contributed by atoms with E-state index in [0.717, 1.165) is 19.6 Å². The molecule has 0 aliphatic carbocycles. The van der Waals surface area contributed by atoms with Crippen LogP contribution < -0.4 is 20.6 Å². The van der Waals surface area contributed by atoms with E-state index in [0.29, 0.717) is 22.8 Å². The smallest absolute Gasteiger partial charge is 0.333 e. The first kappa shape index (κ1) is 20.2. The third kappa shape index (κ3) is 2.98. The Hall–Kier alpha value is -3.49. The van der Waals surface area contributed by atoms with Gasteiger partial charge in [0.2, 0.25) is 5.88 Å². The van der Waals surface area contributed by atoms with Crippen molar-refractivity contribution < 1.29 is 19.6 Å². The summed E-state index contributed by atoms with van der Waals surface area (Å²) in [6.07, 6.45) is 0. The zero-order valence-electron chi connectivity index (χ0n) is 17.3. The summed E-state index contributed by atoms with van der Waals surface area (Å²) in [5, 5.41) is 21.5. The first-order valence-corrected chi connectivity index (χ1v) is 9.01. The van der Waals surface area contributed by atoms with Crippen LogP contribution in [0, 0.1) is 13.8 Å². The highest BCUT2D eigenvalue weighted by molar-refractivity contribution is 5.43. The van der Waals surface area contributed by atoms with Crippen LogP contribution in [0.3, 0.4) is 0 Å². The molecule has 2 heterocycles. The number of imidazole rings is 1. The van der Waals surface area contributed by atoms with Crippen LogP contribution in [-0.4, -0.2) is 31.3 Å². The number of aromatic hydroxyl groups is 1. The molecule has 2 aromatic heterocycles. The predicted molar refractivity (Wildman–Crippen MR) is 105 cm³/mol. The van der Waals surface area contributed by atoms with Gasteiger partial charge in [0, 0.05) is 27.9 Å². The Labute approximate surface area is 167 Å². The molecule has 0 bridgehead atoms. The lowest BCUT2D eigenvalue weighted by atomic mass is 9.91. The maximum Gasteiger partial charge on any atom is 0.333 e. The standard InChI is InChI=1S/C20H24N4O5/c1-11-12(2)24(28)17(21(11)3)15(13-7-9-14(29-6)10-8-13)16-18(25)22(4)20(27)23(5)19(16)26/h7-10,15H,1-6H3,(H-,25,26,28)/p+1. The molecule has 3 aromatic rings. The van der Waals surface area contributed by atoms with Gasteiger partial charge in [0.15, 0.2) is 5.69 Å². The van der Waals surface area contributed by atoms with E-state index in [1.807, 2.05) is 6.92 Å². The van der Waals surface area contributed by atoms with Crippen LogP contribution in [0.5, 0.6) is 11.6 Å². The third-order valence-electron chi connectivity index (χ3n) is 5.57. The first-order valence-electron chi connectivity index (χ1n) is 9.01. The van der Waals surface area contributed by atoms with Crippen molar-refractivity contribution in [2.45, 2.75) is 19.8 Å². The average Bonchev–Trinajstić information content (AvgIpc) is 2.91. The lowest BCUT2D eigenvalue weighted by molar-refractivity contribution is -0.686. The zero-order chi connectivity index (χ0) is 21.6. The molecule has 154 valence electrons. The largest absolute Gasteiger partial charge is 0.497 e. The molecule has 0 saturated carbocycles. The molecule has 29 heavy (non-hydrogen) atoms. The Balaban J connectivity index is 2.45. The average molecular weight is 401 g/mol. The molecular formula is C20H25N4O5+. The summed E-state index contributed by atoms with van der Waals surface area (Å²) in [5.74, 6) is -0.290. The number of nitrogens with zero attached hydrogens (tertiary/aromatic N) is 4. The van der Waals surface area contributed by atoms with Gasteiger partial charge in [0.1, 0.15) is 17.4 Å². The van der Waals surface area contributed by atoms with Crippen LogP contribution in [0.25, 0.3) is 0 Å². The summed E-state index contributed by atoms with van der Waals surface area (Å²) in [6.45, 7) is 3.60. The second-order valence-electron chi connectivity index (χ2n) is 7.05. The number of hydrogen-bond donors (Lipinski definition) is 2. The molecule has 3 rings (SSSR count). The number of rotatable bonds is 4. The van der Waals surface area contributed by atoms with Crippen molar-refractivity contribution >= 4 is 0 Å². The van der Waals surface area contributed by atoms with Gasteiger partial charge in [-0.1, -0.05) is 12.1 Å². The van der Waals surface area contributed by atoms with Crippen LogP contribution in [0.2, 0.25) is 0 Å². The summed E-state index contributed by atoms with van der Waals surface area (Å²) in [6, 6.07) is 6.97. The molecule has 9 heteroatoms. The van der Waals surface area contributed by atoms with Crippen molar-refractivity contribution in [1.29, 1.82) is 0 Å². The molecule has 1 aromatic carbocycles. The topological polar surface area (TPSA) is 103 Å². The van der Waals surface area contributed by atoms with Crippen molar-refractivity contribution in [1.82, 2.24) is 13.9 Å². The predicted octanol–water partition coefficient (Wildman–Crippen LogP) is 0.459. The maximum atomic E-state index is 13.1. The van der Waals surface area contributed by atoms with Gasteiger partial charge < -0.3 is 15.1 Å². The normalized spacial score (nSPS) is 12.2. The van der Waals surface area contributed by atoms with Crippen molar-refractivity contribution in [2.75, 3.05) is 7.11 Å². The van der Waals surface area contributed by atoms with E-state index in [2.05, 4.69) is 0 Å². The minimum atomic E-state index is -0.839. The van der Waals surface area contributed by atoms with E-state index >= 15 is 0 Å². The van der Waals surface area contributed by atoms with Gasteiger partial charge >= 0.3 is 11.5 Å². The second-order valence-corrected chi connectivity index (χ2v) is 7.05. The van der Waals surface area contributed by atoms with Crippen molar-refractivity contribution in [3.8, 4) is 11.6 Å². The molecule has 1 atom stereocenters. The third-order valence-corrected chi connectivity index (χ3v) is 5.57. The van der Waals surface area contributed by atoms with Crippen LogP contribution in [-0.2, 0) is 21.1 Å². The monoisotopic (exact) mass is 401 g/mol. The van der Waals surface area contributed by atoms with Gasteiger partial charge in [0.05, 0.1) is 19.7 Å². The highest BCUT2D eigenvalue weighted by Crippen LogP contribution is 2.34. The van der Waals surface area contributed by atoms with E-state index < -0.39 is 23.0 Å². The summed E-state index contributed by atoms with van der Waals surface area (Å²) in [4.78, 5) is 25.3. The van der Waals surface area contributed by atoms with E-state index in [1.54, 1.807) is 49.9 Å². The zero-order valence-corrected chi connectivity index (χ0v) is 17.3. The fourth-order valence-corrected chi connectivity index (χ4v) is 3.55. The van der Waals surface area contributed by atoms with Gasteiger partial charge in [-0.15, -0.1) is 0 Å². The van der Waals surface area contributed by atoms with Gasteiger partial charge in [-0.05, 0) is 22.4 Å². The summed E-state index contributed by atoms with van der Waals surface area (Å²) < 4.78 is 9.93.